The number of hydrogen-bond acceptors (Lipinski definition) is 6. The number of carbonyl (C=O) groups excluding carboxylic acids is 1. The predicted molar refractivity (Wildman–Crippen MR) is 120 cm³/mol. The number of aryl methyl sites for hydroxylation is 2. The molecule has 31 heavy (non-hydrogen) atoms. The van der Waals surface area contributed by atoms with Gasteiger partial charge in [0, 0.05) is 13.1 Å². The zero-order chi connectivity index (χ0) is 21.6. The Kier molecular flexibility index (Phi) is 6.92. The number of amides is 1. The lowest BCUT2D eigenvalue weighted by Gasteiger charge is -2.29. The maximum absolute atomic E-state index is 13.3. The highest BCUT2D eigenvalue weighted by molar-refractivity contribution is 8.00. The normalized spacial score (nSPS) is 15.0. The van der Waals surface area contributed by atoms with Crippen molar-refractivity contribution < 1.29 is 13.9 Å². The summed E-state index contributed by atoms with van der Waals surface area (Å²) >= 11 is 1.30. The van der Waals surface area contributed by atoms with Crippen LogP contribution in [0.4, 0.5) is 0 Å². The van der Waals surface area contributed by atoms with Crippen molar-refractivity contribution in [2.75, 3.05) is 13.1 Å². The van der Waals surface area contributed by atoms with Crippen molar-refractivity contribution in [2.24, 2.45) is 0 Å². The van der Waals surface area contributed by atoms with Crippen LogP contribution in [-0.4, -0.2) is 34.1 Å². The van der Waals surface area contributed by atoms with Gasteiger partial charge in [0.1, 0.15) is 11.0 Å². The molecule has 2 aromatic carbocycles. The maximum atomic E-state index is 13.3. The lowest BCUT2D eigenvalue weighted by molar-refractivity contribution is -0.131. The quantitative estimate of drug-likeness (QED) is 0.479. The Bertz CT molecular complexity index is 1020. The van der Waals surface area contributed by atoms with Gasteiger partial charge in [0.05, 0.1) is 0 Å². The molecular weight excluding hydrogens is 410 g/mol. The monoisotopic (exact) mass is 437 g/mol. The van der Waals surface area contributed by atoms with E-state index in [0.717, 1.165) is 48.4 Å². The second-order valence-corrected chi connectivity index (χ2v) is 8.87. The zero-order valence-corrected chi connectivity index (χ0v) is 18.7. The van der Waals surface area contributed by atoms with Crippen molar-refractivity contribution in [3.63, 3.8) is 0 Å². The zero-order valence-electron chi connectivity index (χ0n) is 17.9. The number of ether oxygens (including phenoxy) is 1. The van der Waals surface area contributed by atoms with Crippen molar-refractivity contribution in [3.05, 3.63) is 71.1 Å². The largest absolute Gasteiger partial charge is 0.484 e. The molecule has 1 aromatic heterocycles. The van der Waals surface area contributed by atoms with Gasteiger partial charge in [0.15, 0.2) is 6.61 Å². The predicted octanol–water partition coefficient (Wildman–Crippen LogP) is 5.11. The molecule has 0 aliphatic carbocycles. The van der Waals surface area contributed by atoms with Crippen LogP contribution < -0.4 is 4.74 Å². The topological polar surface area (TPSA) is 68.5 Å². The van der Waals surface area contributed by atoms with E-state index in [1.165, 1.54) is 18.2 Å². The van der Waals surface area contributed by atoms with Crippen LogP contribution in [-0.2, 0) is 11.4 Å². The maximum Gasteiger partial charge on any atom is 0.277 e. The SMILES string of the molecule is Cc1ccc(C)c(OCc2nnc(S[C@H](C(=O)N3CCCCC3)c3ccccc3)o2)c1. The minimum Gasteiger partial charge on any atom is -0.484 e. The number of rotatable bonds is 7. The van der Waals surface area contributed by atoms with Crippen LogP contribution in [0.2, 0.25) is 0 Å². The lowest BCUT2D eigenvalue weighted by Crippen LogP contribution is -2.38. The number of thioether (sulfide) groups is 1. The molecule has 2 heterocycles. The van der Waals surface area contributed by atoms with Gasteiger partial charge in [-0.3, -0.25) is 4.79 Å². The summed E-state index contributed by atoms with van der Waals surface area (Å²) in [6.45, 7) is 5.83. The third-order valence-electron chi connectivity index (χ3n) is 5.36. The minimum absolute atomic E-state index is 0.0993. The molecule has 0 bridgehead atoms. The first-order valence-corrected chi connectivity index (χ1v) is 11.5. The molecule has 1 saturated heterocycles. The van der Waals surface area contributed by atoms with Crippen LogP contribution in [0.5, 0.6) is 5.75 Å². The summed E-state index contributed by atoms with van der Waals surface area (Å²) in [6.07, 6.45) is 3.29. The standard InChI is InChI=1S/C24H27N3O3S/c1-17-11-12-18(2)20(15-17)29-16-21-25-26-24(30-21)31-22(19-9-5-3-6-10-19)23(28)27-13-7-4-8-14-27/h3,5-6,9-12,15,22H,4,7-8,13-14,16H2,1-2H3/t22-/m0/s1. The fourth-order valence-electron chi connectivity index (χ4n) is 3.62. The highest BCUT2D eigenvalue weighted by Crippen LogP contribution is 2.36. The molecule has 1 amide bonds. The van der Waals surface area contributed by atoms with E-state index in [1.54, 1.807) is 0 Å². The lowest BCUT2D eigenvalue weighted by atomic mass is 10.1. The van der Waals surface area contributed by atoms with Crippen LogP contribution in [0, 0.1) is 13.8 Å². The Morgan fingerprint density at radius 2 is 1.87 bits per heavy atom. The Labute approximate surface area is 187 Å². The highest BCUT2D eigenvalue weighted by Gasteiger charge is 2.29. The Balaban J connectivity index is 1.46. The van der Waals surface area contributed by atoms with Gasteiger partial charge < -0.3 is 14.1 Å². The average molecular weight is 438 g/mol. The number of piperidine rings is 1. The molecule has 0 radical (unpaired) electrons. The van der Waals surface area contributed by atoms with E-state index in [4.69, 9.17) is 9.15 Å². The molecule has 1 atom stereocenters. The summed E-state index contributed by atoms with van der Waals surface area (Å²) in [4.78, 5) is 15.2. The summed E-state index contributed by atoms with van der Waals surface area (Å²) < 4.78 is 11.7. The molecule has 3 aromatic rings. The number of benzene rings is 2. The van der Waals surface area contributed by atoms with Crippen molar-refractivity contribution in [2.45, 2.75) is 50.2 Å². The first-order valence-electron chi connectivity index (χ1n) is 10.6. The van der Waals surface area contributed by atoms with Gasteiger partial charge in [0.25, 0.3) is 11.1 Å². The number of likely N-dealkylation sites (tertiary alicyclic amines) is 1. The summed E-state index contributed by atoms with van der Waals surface area (Å²) in [5, 5.41) is 8.24. The Morgan fingerprint density at radius 1 is 1.10 bits per heavy atom. The van der Waals surface area contributed by atoms with Gasteiger partial charge in [-0.1, -0.05) is 42.5 Å². The molecule has 6 nitrogen and oxygen atoms in total. The van der Waals surface area contributed by atoms with Gasteiger partial charge >= 0.3 is 0 Å². The highest BCUT2D eigenvalue weighted by atomic mass is 32.2. The smallest absolute Gasteiger partial charge is 0.277 e. The molecule has 1 aliphatic rings. The fraction of sp³-hybridized carbons (Fsp3) is 0.375. The first kappa shape index (κ1) is 21.4. The molecule has 1 aliphatic heterocycles. The van der Waals surface area contributed by atoms with Crippen molar-refractivity contribution in [1.82, 2.24) is 15.1 Å². The molecule has 162 valence electrons. The van der Waals surface area contributed by atoms with Crippen LogP contribution >= 0.6 is 11.8 Å². The molecule has 1 fully saturated rings. The van der Waals surface area contributed by atoms with E-state index in [1.807, 2.05) is 67.3 Å². The van der Waals surface area contributed by atoms with E-state index in [0.29, 0.717) is 11.1 Å². The van der Waals surface area contributed by atoms with Gasteiger partial charge in [-0.2, -0.15) is 0 Å². The van der Waals surface area contributed by atoms with Gasteiger partial charge in [-0.05, 0) is 67.6 Å². The minimum atomic E-state index is -0.410. The third kappa shape index (κ3) is 5.47. The van der Waals surface area contributed by atoms with Gasteiger partial charge in [-0.25, -0.2) is 0 Å². The van der Waals surface area contributed by atoms with E-state index >= 15 is 0 Å². The average Bonchev–Trinajstić information content (AvgIpc) is 3.26. The van der Waals surface area contributed by atoms with Gasteiger partial charge in [0.2, 0.25) is 5.91 Å². The number of aromatic nitrogens is 2. The summed E-state index contributed by atoms with van der Waals surface area (Å²) in [5.74, 6) is 1.29. The second-order valence-electron chi connectivity index (χ2n) is 7.81. The van der Waals surface area contributed by atoms with Crippen molar-refractivity contribution >= 4 is 17.7 Å². The van der Waals surface area contributed by atoms with Gasteiger partial charge in [-0.15, -0.1) is 10.2 Å². The van der Waals surface area contributed by atoms with E-state index < -0.39 is 5.25 Å². The van der Waals surface area contributed by atoms with Crippen LogP contribution in [0.25, 0.3) is 0 Å². The summed E-state index contributed by atoms with van der Waals surface area (Å²) in [7, 11) is 0. The van der Waals surface area contributed by atoms with E-state index in [9.17, 15) is 4.79 Å². The summed E-state index contributed by atoms with van der Waals surface area (Å²) in [6, 6.07) is 15.9. The Morgan fingerprint density at radius 3 is 2.65 bits per heavy atom. The van der Waals surface area contributed by atoms with Crippen LogP contribution in [0.1, 0.15) is 47.1 Å². The van der Waals surface area contributed by atoms with E-state index in [2.05, 4.69) is 10.2 Å². The number of nitrogens with zero attached hydrogens (tertiary/aromatic N) is 3. The molecule has 0 unspecified atom stereocenters. The number of hydrogen-bond donors (Lipinski definition) is 0. The second kappa shape index (κ2) is 10.0. The summed E-state index contributed by atoms with van der Waals surface area (Å²) in [5.41, 5.74) is 3.12. The molecule has 0 N–H and O–H groups in total. The molecule has 7 heteroatoms. The van der Waals surface area contributed by atoms with Crippen LogP contribution in [0.15, 0.2) is 58.2 Å². The molecule has 0 saturated carbocycles. The van der Waals surface area contributed by atoms with E-state index in [-0.39, 0.29) is 12.5 Å². The third-order valence-corrected chi connectivity index (χ3v) is 6.43. The molecule has 4 rings (SSSR count). The number of carbonyl (C=O) groups is 1. The van der Waals surface area contributed by atoms with Crippen molar-refractivity contribution in [1.29, 1.82) is 0 Å². The molecule has 0 spiro atoms. The molecular formula is C24H27N3O3S. The fourth-order valence-corrected chi connectivity index (χ4v) is 4.59. The van der Waals surface area contributed by atoms with Crippen molar-refractivity contribution in [3.8, 4) is 5.75 Å². The Hall–Kier alpha value is -2.80. The van der Waals surface area contributed by atoms with Crippen LogP contribution in [0.3, 0.4) is 0 Å². The first-order chi connectivity index (χ1) is 15.1.